The molecule has 1 aliphatic rings. The van der Waals surface area contributed by atoms with Crippen molar-refractivity contribution in [1.29, 1.82) is 0 Å². The summed E-state index contributed by atoms with van der Waals surface area (Å²) in [4.78, 5) is 6.54. The fraction of sp³-hybridized carbons (Fsp3) is 0.643. The summed E-state index contributed by atoms with van der Waals surface area (Å²) in [6.07, 6.45) is 2.08. The Labute approximate surface area is 114 Å². The number of ether oxygens (including phenoxy) is 2. The van der Waals surface area contributed by atoms with Gasteiger partial charge in [0.2, 0.25) is 5.88 Å². The van der Waals surface area contributed by atoms with Gasteiger partial charge in [-0.2, -0.15) is 0 Å². The summed E-state index contributed by atoms with van der Waals surface area (Å²) in [6.45, 7) is 7.52. The van der Waals surface area contributed by atoms with Gasteiger partial charge in [0.1, 0.15) is 0 Å². The maximum Gasteiger partial charge on any atom is 0.237 e. The van der Waals surface area contributed by atoms with Gasteiger partial charge in [0.25, 0.3) is 0 Å². The second kappa shape index (κ2) is 6.73. The Bertz CT molecular complexity index is 398. The van der Waals surface area contributed by atoms with Crippen LogP contribution in [0.2, 0.25) is 0 Å². The van der Waals surface area contributed by atoms with Crippen LogP contribution in [-0.2, 0) is 4.74 Å². The molecule has 0 radical (unpaired) electrons. The van der Waals surface area contributed by atoms with Crippen molar-refractivity contribution in [3.8, 4) is 5.88 Å². The minimum absolute atomic E-state index is 0.118. The fourth-order valence-corrected chi connectivity index (χ4v) is 2.06. The van der Waals surface area contributed by atoms with E-state index in [1.807, 2.05) is 26.0 Å². The minimum atomic E-state index is 0.118. The molecule has 5 heteroatoms. The van der Waals surface area contributed by atoms with Crippen LogP contribution in [0.4, 0.5) is 5.69 Å². The summed E-state index contributed by atoms with van der Waals surface area (Å²) >= 11 is 0. The van der Waals surface area contributed by atoms with Crippen LogP contribution in [0.3, 0.4) is 0 Å². The first-order valence-corrected chi connectivity index (χ1v) is 6.81. The monoisotopic (exact) mass is 265 g/mol. The third-order valence-corrected chi connectivity index (χ3v) is 2.98. The fourth-order valence-electron chi connectivity index (χ4n) is 2.06. The molecule has 2 heterocycles. The zero-order chi connectivity index (χ0) is 13.7. The third-order valence-electron chi connectivity index (χ3n) is 2.98. The van der Waals surface area contributed by atoms with Crippen molar-refractivity contribution >= 4 is 5.69 Å². The highest BCUT2D eigenvalue weighted by atomic mass is 16.5. The zero-order valence-corrected chi connectivity index (χ0v) is 11.9. The number of nitrogens with one attached hydrogen (secondary N) is 1. The van der Waals surface area contributed by atoms with E-state index in [1.54, 1.807) is 6.20 Å². The molecule has 1 aromatic heterocycles. The average Bonchev–Trinajstić information content (AvgIpc) is 2.37. The molecule has 1 aliphatic heterocycles. The van der Waals surface area contributed by atoms with Crippen molar-refractivity contribution in [2.45, 2.75) is 26.1 Å². The molecule has 1 atom stereocenters. The number of aromatic nitrogens is 1. The van der Waals surface area contributed by atoms with E-state index in [-0.39, 0.29) is 12.2 Å². The average molecular weight is 265 g/mol. The Morgan fingerprint density at radius 1 is 1.58 bits per heavy atom. The number of hydrogen-bond acceptors (Lipinski definition) is 5. The number of pyridine rings is 1. The molecule has 1 fully saturated rings. The maximum atomic E-state index is 5.73. The summed E-state index contributed by atoms with van der Waals surface area (Å²) in [5.41, 5.74) is 0.924. The lowest BCUT2D eigenvalue weighted by Gasteiger charge is -2.30. The molecule has 0 bridgehead atoms. The zero-order valence-electron chi connectivity index (χ0n) is 11.9. The number of rotatable bonds is 5. The Morgan fingerprint density at radius 2 is 2.42 bits per heavy atom. The molecular weight excluding hydrogens is 242 g/mol. The topological polar surface area (TPSA) is 46.6 Å². The summed E-state index contributed by atoms with van der Waals surface area (Å²) in [5.74, 6) is 0.654. The van der Waals surface area contributed by atoms with Crippen LogP contribution in [0.15, 0.2) is 18.3 Å². The highest BCUT2D eigenvalue weighted by Crippen LogP contribution is 2.21. The smallest absolute Gasteiger partial charge is 0.237 e. The number of hydrogen-bond donors (Lipinski definition) is 1. The van der Waals surface area contributed by atoms with Gasteiger partial charge >= 0.3 is 0 Å². The summed E-state index contributed by atoms with van der Waals surface area (Å²) in [6, 6.07) is 3.89. The van der Waals surface area contributed by atoms with Crippen molar-refractivity contribution < 1.29 is 9.47 Å². The van der Waals surface area contributed by atoms with Crippen molar-refractivity contribution in [2.24, 2.45) is 0 Å². The van der Waals surface area contributed by atoms with E-state index in [0.717, 1.165) is 31.9 Å². The first-order chi connectivity index (χ1) is 9.15. The second-order valence-corrected chi connectivity index (χ2v) is 5.16. The van der Waals surface area contributed by atoms with Crippen LogP contribution in [0, 0.1) is 0 Å². The molecular formula is C14H23N3O2. The summed E-state index contributed by atoms with van der Waals surface area (Å²) < 4.78 is 11.4. The second-order valence-electron chi connectivity index (χ2n) is 5.16. The molecule has 1 N–H and O–H groups in total. The Kier molecular flexibility index (Phi) is 4.99. The Balaban J connectivity index is 1.91. The highest BCUT2D eigenvalue weighted by molar-refractivity contribution is 5.52. The van der Waals surface area contributed by atoms with Crippen LogP contribution in [-0.4, -0.2) is 55.4 Å². The van der Waals surface area contributed by atoms with Crippen molar-refractivity contribution in [3.63, 3.8) is 0 Å². The van der Waals surface area contributed by atoms with Crippen molar-refractivity contribution in [2.75, 3.05) is 38.6 Å². The van der Waals surface area contributed by atoms with Crippen molar-refractivity contribution in [3.05, 3.63) is 18.3 Å². The minimum Gasteiger partial charge on any atom is -0.473 e. The van der Waals surface area contributed by atoms with Crippen LogP contribution in [0.1, 0.15) is 13.8 Å². The third kappa shape index (κ3) is 4.36. The van der Waals surface area contributed by atoms with Gasteiger partial charge in [0.15, 0.2) is 0 Å². The van der Waals surface area contributed by atoms with E-state index >= 15 is 0 Å². The normalized spacial score (nSPS) is 20.5. The lowest BCUT2D eigenvalue weighted by Crippen LogP contribution is -2.43. The number of nitrogens with zero attached hydrogens (tertiary/aromatic N) is 2. The SMILES string of the molecule is CC(C)Oc1ncccc1NCC1CN(C)CCO1. The highest BCUT2D eigenvalue weighted by Gasteiger charge is 2.18. The molecule has 5 nitrogen and oxygen atoms in total. The van der Waals surface area contributed by atoms with Crippen LogP contribution in [0.25, 0.3) is 0 Å². The number of likely N-dealkylation sites (N-methyl/N-ethyl adjacent to an activating group) is 1. The molecule has 0 spiro atoms. The Hall–Kier alpha value is -1.33. The molecule has 1 saturated heterocycles. The molecule has 0 aliphatic carbocycles. The molecule has 1 unspecified atom stereocenters. The molecule has 0 aromatic carbocycles. The molecule has 19 heavy (non-hydrogen) atoms. The van der Waals surface area contributed by atoms with Crippen LogP contribution in [0.5, 0.6) is 5.88 Å². The van der Waals surface area contributed by atoms with Gasteiger partial charge in [0, 0.05) is 25.8 Å². The largest absolute Gasteiger partial charge is 0.473 e. The van der Waals surface area contributed by atoms with E-state index in [1.165, 1.54) is 0 Å². The van der Waals surface area contributed by atoms with E-state index in [0.29, 0.717) is 5.88 Å². The molecule has 106 valence electrons. The first kappa shape index (κ1) is 14.1. The molecule has 0 saturated carbocycles. The van der Waals surface area contributed by atoms with E-state index < -0.39 is 0 Å². The number of anilines is 1. The number of morpholine rings is 1. The molecule has 0 amide bonds. The predicted molar refractivity (Wildman–Crippen MR) is 75.7 cm³/mol. The van der Waals surface area contributed by atoms with Gasteiger partial charge in [-0.15, -0.1) is 0 Å². The van der Waals surface area contributed by atoms with Crippen LogP contribution >= 0.6 is 0 Å². The van der Waals surface area contributed by atoms with E-state index in [9.17, 15) is 0 Å². The van der Waals surface area contributed by atoms with E-state index in [2.05, 4.69) is 22.2 Å². The first-order valence-electron chi connectivity index (χ1n) is 6.81. The maximum absolute atomic E-state index is 5.73. The lowest BCUT2D eigenvalue weighted by molar-refractivity contribution is -0.0117. The van der Waals surface area contributed by atoms with Gasteiger partial charge in [-0.1, -0.05) is 0 Å². The Morgan fingerprint density at radius 3 is 3.16 bits per heavy atom. The lowest BCUT2D eigenvalue weighted by atomic mass is 10.2. The molecule has 1 aromatic rings. The van der Waals surface area contributed by atoms with Gasteiger partial charge < -0.3 is 19.7 Å². The summed E-state index contributed by atoms with van der Waals surface area (Å²) in [7, 11) is 2.12. The van der Waals surface area contributed by atoms with E-state index in [4.69, 9.17) is 9.47 Å². The predicted octanol–water partition coefficient (Wildman–Crippen LogP) is 1.61. The van der Waals surface area contributed by atoms with Gasteiger partial charge in [-0.3, -0.25) is 0 Å². The van der Waals surface area contributed by atoms with Crippen molar-refractivity contribution in [1.82, 2.24) is 9.88 Å². The van der Waals surface area contributed by atoms with Crippen LogP contribution < -0.4 is 10.1 Å². The van der Waals surface area contributed by atoms with Gasteiger partial charge in [-0.05, 0) is 33.0 Å². The summed E-state index contributed by atoms with van der Waals surface area (Å²) in [5, 5.41) is 3.37. The van der Waals surface area contributed by atoms with Gasteiger partial charge in [-0.25, -0.2) is 4.98 Å². The molecule has 2 rings (SSSR count). The quantitative estimate of drug-likeness (QED) is 0.876. The standard InChI is InChI=1S/C14H23N3O2/c1-11(2)19-14-13(5-4-6-15-14)16-9-12-10-17(3)7-8-18-12/h4-6,11-12,16H,7-10H2,1-3H3. The van der Waals surface area contributed by atoms with Gasteiger partial charge in [0.05, 0.1) is 24.5 Å².